The zero-order valence-electron chi connectivity index (χ0n) is 11.2. The van der Waals surface area contributed by atoms with Crippen LogP contribution >= 0.6 is 12.2 Å². The van der Waals surface area contributed by atoms with Crippen LogP contribution in [-0.4, -0.2) is 14.5 Å². The molecule has 3 rings (SSSR count). The molecule has 1 saturated carbocycles. The van der Waals surface area contributed by atoms with Crippen molar-refractivity contribution >= 4 is 28.2 Å². The number of aryl methyl sites for hydroxylation is 1. The summed E-state index contributed by atoms with van der Waals surface area (Å²) in [4.78, 5) is 5.26. The zero-order valence-corrected chi connectivity index (χ0v) is 12.0. The number of hydrogen-bond donors (Lipinski definition) is 1. The average molecular weight is 273 g/mol. The van der Waals surface area contributed by atoms with Crippen LogP contribution < -0.4 is 5.73 Å². The first-order valence-electron chi connectivity index (χ1n) is 6.93. The quantitative estimate of drug-likeness (QED) is 0.854. The molecular formula is C15H19N3S. The van der Waals surface area contributed by atoms with Crippen LogP contribution in [0.1, 0.15) is 49.4 Å². The van der Waals surface area contributed by atoms with Gasteiger partial charge >= 0.3 is 0 Å². The van der Waals surface area contributed by atoms with Crippen molar-refractivity contribution in [2.45, 2.75) is 38.0 Å². The molecule has 100 valence electrons. The third kappa shape index (κ3) is 2.25. The van der Waals surface area contributed by atoms with Crippen molar-refractivity contribution < 1.29 is 0 Å². The summed E-state index contributed by atoms with van der Waals surface area (Å²) in [6.07, 6.45) is 6.54. The van der Waals surface area contributed by atoms with Crippen LogP contribution in [0.5, 0.6) is 0 Å². The van der Waals surface area contributed by atoms with E-state index in [2.05, 4.69) is 17.7 Å². The maximum Gasteiger partial charge on any atom is 0.112 e. The molecule has 0 unspecified atom stereocenters. The van der Waals surface area contributed by atoms with Gasteiger partial charge in [-0.05, 0) is 31.0 Å². The first kappa shape index (κ1) is 12.6. The van der Waals surface area contributed by atoms with Gasteiger partial charge in [0.05, 0.1) is 11.0 Å². The van der Waals surface area contributed by atoms with E-state index in [4.69, 9.17) is 22.9 Å². The smallest absolute Gasteiger partial charge is 0.112 e. The second-order valence-corrected chi connectivity index (χ2v) is 5.87. The summed E-state index contributed by atoms with van der Waals surface area (Å²) < 4.78 is 2.23. The number of imidazole rings is 1. The van der Waals surface area contributed by atoms with Gasteiger partial charge in [-0.3, -0.25) is 0 Å². The molecule has 0 saturated heterocycles. The highest BCUT2D eigenvalue weighted by Gasteiger charge is 2.21. The van der Waals surface area contributed by atoms with Gasteiger partial charge in [0, 0.05) is 18.5 Å². The molecule has 0 radical (unpaired) electrons. The largest absolute Gasteiger partial charge is 0.389 e. The molecule has 1 aliphatic rings. The number of hydrogen-bond acceptors (Lipinski definition) is 2. The Hall–Kier alpha value is -1.42. The molecular weight excluding hydrogens is 254 g/mol. The van der Waals surface area contributed by atoms with E-state index < -0.39 is 0 Å². The Labute approximate surface area is 118 Å². The molecule has 1 aliphatic carbocycles. The summed E-state index contributed by atoms with van der Waals surface area (Å²) >= 11 is 5.03. The Morgan fingerprint density at radius 1 is 1.32 bits per heavy atom. The Bertz CT molecular complexity index is 624. The number of benzene rings is 1. The normalized spacial score (nSPS) is 16.9. The summed E-state index contributed by atoms with van der Waals surface area (Å²) in [5, 5.41) is 0. The van der Waals surface area contributed by atoms with E-state index in [1.165, 1.54) is 43.4 Å². The van der Waals surface area contributed by atoms with E-state index in [9.17, 15) is 0 Å². The van der Waals surface area contributed by atoms with Crippen LogP contribution in [0, 0.1) is 0 Å². The van der Waals surface area contributed by atoms with Crippen molar-refractivity contribution in [2.75, 3.05) is 0 Å². The molecule has 0 atom stereocenters. The first-order chi connectivity index (χ1) is 9.16. The van der Waals surface area contributed by atoms with E-state index in [1.54, 1.807) is 0 Å². The number of nitrogens with two attached hydrogens (primary N) is 1. The van der Waals surface area contributed by atoms with Gasteiger partial charge in [-0.25, -0.2) is 4.98 Å². The number of thiocarbonyl (C=S) groups is 1. The number of rotatable bonds is 2. The fourth-order valence-corrected chi connectivity index (χ4v) is 3.22. The predicted molar refractivity (Wildman–Crippen MR) is 82.4 cm³/mol. The molecule has 3 nitrogen and oxygen atoms in total. The minimum Gasteiger partial charge on any atom is -0.389 e. The Morgan fingerprint density at radius 2 is 2.05 bits per heavy atom. The van der Waals surface area contributed by atoms with Gasteiger partial charge in [0.2, 0.25) is 0 Å². The van der Waals surface area contributed by atoms with Crippen LogP contribution in [0.4, 0.5) is 0 Å². The summed E-state index contributed by atoms with van der Waals surface area (Å²) in [5.74, 6) is 1.83. The maximum absolute atomic E-state index is 5.69. The third-order valence-corrected chi connectivity index (χ3v) is 4.41. The van der Waals surface area contributed by atoms with Crippen molar-refractivity contribution in [3.05, 3.63) is 29.6 Å². The van der Waals surface area contributed by atoms with Crippen LogP contribution in [0.3, 0.4) is 0 Å². The molecule has 0 amide bonds. The van der Waals surface area contributed by atoms with Crippen LogP contribution in [0.25, 0.3) is 11.0 Å². The van der Waals surface area contributed by atoms with Crippen molar-refractivity contribution in [2.24, 2.45) is 12.8 Å². The van der Waals surface area contributed by atoms with E-state index in [0.717, 1.165) is 11.1 Å². The zero-order chi connectivity index (χ0) is 13.4. The fraction of sp³-hybridized carbons (Fsp3) is 0.467. The molecule has 0 aliphatic heterocycles. The van der Waals surface area contributed by atoms with Gasteiger partial charge in [0.15, 0.2) is 0 Å². The highest BCUT2D eigenvalue weighted by atomic mass is 32.1. The lowest BCUT2D eigenvalue weighted by atomic mass is 9.89. The van der Waals surface area contributed by atoms with E-state index in [0.29, 0.717) is 10.9 Å². The molecule has 1 aromatic carbocycles. The highest BCUT2D eigenvalue weighted by Crippen LogP contribution is 2.33. The predicted octanol–water partition coefficient (Wildman–Crippen LogP) is 3.26. The molecule has 2 aromatic rings. The first-order valence-corrected chi connectivity index (χ1v) is 7.34. The third-order valence-electron chi connectivity index (χ3n) is 4.17. The van der Waals surface area contributed by atoms with Crippen LogP contribution in [0.2, 0.25) is 0 Å². The number of nitrogens with zero attached hydrogens (tertiary/aromatic N) is 2. The van der Waals surface area contributed by atoms with E-state index in [1.807, 2.05) is 12.1 Å². The van der Waals surface area contributed by atoms with Crippen molar-refractivity contribution in [3.8, 4) is 0 Å². The van der Waals surface area contributed by atoms with Crippen LogP contribution in [-0.2, 0) is 7.05 Å². The van der Waals surface area contributed by atoms with Crippen LogP contribution in [0.15, 0.2) is 18.2 Å². The van der Waals surface area contributed by atoms with Crippen molar-refractivity contribution in [1.82, 2.24) is 9.55 Å². The second kappa shape index (κ2) is 4.93. The van der Waals surface area contributed by atoms with E-state index >= 15 is 0 Å². The SMILES string of the molecule is Cn1c(C2CCCCC2)nc2cc(C(N)=S)ccc21. The summed E-state index contributed by atoms with van der Waals surface area (Å²) in [6, 6.07) is 6.06. The molecule has 19 heavy (non-hydrogen) atoms. The molecule has 1 heterocycles. The van der Waals surface area contributed by atoms with Crippen molar-refractivity contribution in [1.29, 1.82) is 0 Å². The van der Waals surface area contributed by atoms with E-state index in [-0.39, 0.29) is 0 Å². The van der Waals surface area contributed by atoms with Crippen molar-refractivity contribution in [3.63, 3.8) is 0 Å². The molecule has 0 spiro atoms. The lowest BCUT2D eigenvalue weighted by molar-refractivity contribution is 0.423. The molecule has 2 N–H and O–H groups in total. The van der Waals surface area contributed by atoms with Gasteiger partial charge < -0.3 is 10.3 Å². The summed E-state index contributed by atoms with van der Waals surface area (Å²) in [7, 11) is 2.11. The fourth-order valence-electron chi connectivity index (χ4n) is 3.10. The minimum atomic E-state index is 0.437. The lowest BCUT2D eigenvalue weighted by Crippen LogP contribution is -2.10. The summed E-state index contributed by atoms with van der Waals surface area (Å²) in [6.45, 7) is 0. The average Bonchev–Trinajstić information content (AvgIpc) is 2.76. The monoisotopic (exact) mass is 273 g/mol. The molecule has 4 heteroatoms. The maximum atomic E-state index is 5.69. The second-order valence-electron chi connectivity index (χ2n) is 5.43. The minimum absolute atomic E-state index is 0.437. The number of aromatic nitrogens is 2. The van der Waals surface area contributed by atoms with Gasteiger partial charge in [-0.1, -0.05) is 31.5 Å². The van der Waals surface area contributed by atoms with Gasteiger partial charge in [-0.2, -0.15) is 0 Å². The highest BCUT2D eigenvalue weighted by molar-refractivity contribution is 7.80. The summed E-state index contributed by atoms with van der Waals surface area (Å²) in [5.41, 5.74) is 8.76. The van der Waals surface area contributed by atoms with Gasteiger partial charge in [-0.15, -0.1) is 0 Å². The van der Waals surface area contributed by atoms with Gasteiger partial charge in [0.25, 0.3) is 0 Å². The molecule has 0 bridgehead atoms. The topological polar surface area (TPSA) is 43.8 Å². The Balaban J connectivity index is 2.06. The number of fused-ring (bicyclic) bond motifs is 1. The molecule has 1 fully saturated rings. The Morgan fingerprint density at radius 3 is 2.74 bits per heavy atom. The standard InChI is InChI=1S/C15H19N3S/c1-18-13-8-7-11(14(16)19)9-12(13)17-15(18)10-5-3-2-4-6-10/h7-10H,2-6H2,1H3,(H2,16,19). The lowest BCUT2D eigenvalue weighted by Gasteiger charge is -2.20. The Kier molecular flexibility index (Phi) is 3.27. The molecule has 1 aromatic heterocycles. The van der Waals surface area contributed by atoms with Gasteiger partial charge in [0.1, 0.15) is 10.8 Å².